The van der Waals surface area contributed by atoms with Crippen LogP contribution in [-0.2, 0) is 12.7 Å². The van der Waals surface area contributed by atoms with Gasteiger partial charge in [-0.15, -0.1) is 13.2 Å². The molecule has 0 unspecified atom stereocenters. The molecule has 0 bridgehead atoms. The maximum atomic E-state index is 12.7. The molecule has 0 amide bonds. The van der Waals surface area contributed by atoms with Crippen LogP contribution in [0.4, 0.5) is 35.1 Å². The number of nitrogens with zero attached hydrogens (tertiary/aromatic N) is 1. The third kappa shape index (κ3) is 3.68. The fraction of sp³-hybridized carbons (Fsp3) is 0.444. The Kier molecular flexibility index (Phi) is 4.42. The predicted molar refractivity (Wildman–Crippen MR) is 48.8 cm³/mol. The van der Waals surface area contributed by atoms with Crippen LogP contribution in [0.15, 0.2) is 6.20 Å². The van der Waals surface area contributed by atoms with Gasteiger partial charge in [0.05, 0.1) is 0 Å². The van der Waals surface area contributed by atoms with E-state index in [0.717, 1.165) is 0 Å². The summed E-state index contributed by atoms with van der Waals surface area (Å²) in [7, 11) is 0. The van der Waals surface area contributed by atoms with Crippen LogP contribution in [0.2, 0.25) is 0 Å². The summed E-state index contributed by atoms with van der Waals surface area (Å²) in [5.74, 6) is -1.87. The summed E-state index contributed by atoms with van der Waals surface area (Å²) in [5.41, 5.74) is 0.468. The number of rotatable bonds is 3. The van der Waals surface area contributed by atoms with Crippen molar-refractivity contribution in [1.82, 2.24) is 4.98 Å². The Balaban J connectivity index is 3.54. The van der Waals surface area contributed by atoms with Gasteiger partial charge in [0.1, 0.15) is 5.56 Å². The minimum absolute atomic E-state index is 0.170. The van der Waals surface area contributed by atoms with Gasteiger partial charge < -0.3 is 10.5 Å². The van der Waals surface area contributed by atoms with E-state index >= 15 is 0 Å². The van der Waals surface area contributed by atoms with Gasteiger partial charge >= 0.3 is 12.5 Å². The van der Waals surface area contributed by atoms with Crippen molar-refractivity contribution in [3.8, 4) is 5.88 Å². The van der Waals surface area contributed by atoms with E-state index in [4.69, 9.17) is 5.73 Å². The highest BCUT2D eigenvalue weighted by atomic mass is 19.4. The summed E-state index contributed by atoms with van der Waals surface area (Å²) in [5, 5.41) is 0. The van der Waals surface area contributed by atoms with Crippen molar-refractivity contribution in [2.24, 2.45) is 5.73 Å². The van der Waals surface area contributed by atoms with Crippen molar-refractivity contribution in [2.45, 2.75) is 25.5 Å². The fourth-order valence-electron chi connectivity index (χ4n) is 1.43. The van der Waals surface area contributed by atoms with Crippen molar-refractivity contribution in [2.75, 3.05) is 0 Å². The number of hydrogen-bond donors (Lipinski definition) is 1. The molecule has 0 aliphatic rings. The van der Waals surface area contributed by atoms with Gasteiger partial charge in [0.15, 0.2) is 0 Å². The van der Waals surface area contributed by atoms with Crippen molar-refractivity contribution in [3.05, 3.63) is 22.9 Å². The molecule has 0 aromatic carbocycles. The molecule has 0 atom stereocenters. The quantitative estimate of drug-likeness (QED) is 0.871. The second-order valence-electron chi connectivity index (χ2n) is 3.42. The Morgan fingerprint density at radius 3 is 2.05 bits per heavy atom. The lowest BCUT2D eigenvalue weighted by Gasteiger charge is -2.19. The van der Waals surface area contributed by atoms with Crippen LogP contribution in [-0.4, -0.2) is 11.3 Å². The number of hydrogen-bond acceptors (Lipinski definition) is 3. The van der Waals surface area contributed by atoms with Gasteiger partial charge in [-0.25, -0.2) is 13.8 Å². The predicted octanol–water partition coefficient (Wildman–Crippen LogP) is 3.40. The Hall–Kier alpha value is -1.65. The first-order valence-electron chi connectivity index (χ1n) is 4.80. The van der Waals surface area contributed by atoms with Gasteiger partial charge in [0.25, 0.3) is 6.43 Å². The maximum Gasteiger partial charge on any atom is 0.574 e. The van der Waals surface area contributed by atoms with Crippen LogP contribution < -0.4 is 10.5 Å². The van der Waals surface area contributed by atoms with Crippen molar-refractivity contribution in [3.63, 3.8) is 0 Å². The van der Waals surface area contributed by atoms with Crippen molar-refractivity contribution in [1.29, 1.82) is 0 Å². The van der Waals surface area contributed by atoms with E-state index in [1.807, 2.05) is 0 Å². The van der Waals surface area contributed by atoms with E-state index in [9.17, 15) is 35.1 Å². The molecule has 1 heterocycles. The molecular formula is C9H6F8N2O. The topological polar surface area (TPSA) is 48.1 Å². The van der Waals surface area contributed by atoms with Crippen LogP contribution in [0.25, 0.3) is 0 Å². The van der Waals surface area contributed by atoms with Gasteiger partial charge in [-0.2, -0.15) is 13.2 Å². The van der Waals surface area contributed by atoms with Gasteiger partial charge in [-0.3, -0.25) is 0 Å². The molecule has 20 heavy (non-hydrogen) atoms. The van der Waals surface area contributed by atoms with Crippen molar-refractivity contribution >= 4 is 0 Å². The number of aromatic nitrogens is 1. The van der Waals surface area contributed by atoms with Crippen LogP contribution in [0.3, 0.4) is 0 Å². The molecule has 0 radical (unpaired) electrons. The molecule has 2 N–H and O–H groups in total. The zero-order valence-electron chi connectivity index (χ0n) is 9.32. The van der Waals surface area contributed by atoms with E-state index in [0.29, 0.717) is 0 Å². The zero-order valence-corrected chi connectivity index (χ0v) is 9.32. The number of pyridine rings is 1. The summed E-state index contributed by atoms with van der Waals surface area (Å²) in [6.07, 6.45) is -14.0. The average molecular weight is 310 g/mol. The first kappa shape index (κ1) is 16.4. The number of nitrogens with two attached hydrogens (primary N) is 1. The van der Waals surface area contributed by atoms with E-state index in [1.54, 1.807) is 0 Å². The standard InChI is InChI=1S/C9H6F8N2O/c10-6(11)4-2-19-7(20-9(15,16)17)5(3(4)1-18)8(12,13)14/h2,6H,1,18H2. The Morgan fingerprint density at radius 1 is 1.15 bits per heavy atom. The van der Waals surface area contributed by atoms with E-state index in [2.05, 4.69) is 9.72 Å². The lowest BCUT2D eigenvalue weighted by Crippen LogP contribution is -2.23. The summed E-state index contributed by atoms with van der Waals surface area (Å²) >= 11 is 0. The summed E-state index contributed by atoms with van der Waals surface area (Å²) in [6, 6.07) is 0. The van der Waals surface area contributed by atoms with Crippen LogP contribution in [0.5, 0.6) is 5.88 Å². The molecule has 3 nitrogen and oxygen atoms in total. The molecule has 0 aliphatic heterocycles. The van der Waals surface area contributed by atoms with Gasteiger partial charge in [-0.1, -0.05) is 0 Å². The number of alkyl halides is 8. The molecule has 0 spiro atoms. The molecule has 0 saturated heterocycles. The van der Waals surface area contributed by atoms with E-state index in [1.165, 1.54) is 0 Å². The highest BCUT2D eigenvalue weighted by Gasteiger charge is 2.43. The Bertz CT molecular complexity index is 482. The van der Waals surface area contributed by atoms with E-state index < -0.39 is 48.1 Å². The third-order valence-corrected chi connectivity index (χ3v) is 2.12. The smallest absolute Gasteiger partial charge is 0.387 e. The molecule has 114 valence electrons. The molecule has 0 fully saturated rings. The second kappa shape index (κ2) is 5.38. The third-order valence-electron chi connectivity index (χ3n) is 2.12. The van der Waals surface area contributed by atoms with Gasteiger partial charge in [-0.05, 0) is 5.56 Å². The lowest BCUT2D eigenvalue weighted by atomic mass is 10.0. The normalized spacial score (nSPS) is 12.9. The number of ether oxygens (including phenoxy) is 1. The second-order valence-corrected chi connectivity index (χ2v) is 3.42. The molecule has 11 heteroatoms. The van der Waals surface area contributed by atoms with Gasteiger partial charge in [0.2, 0.25) is 5.88 Å². The van der Waals surface area contributed by atoms with Crippen LogP contribution in [0.1, 0.15) is 23.1 Å². The first-order chi connectivity index (χ1) is 8.97. The highest BCUT2D eigenvalue weighted by Crippen LogP contribution is 2.42. The summed E-state index contributed by atoms with van der Waals surface area (Å²) in [6.45, 7) is -1.05. The monoisotopic (exact) mass is 310 g/mol. The minimum Gasteiger partial charge on any atom is -0.387 e. The molecule has 1 aromatic heterocycles. The maximum absolute atomic E-state index is 12.7. The number of halogens is 8. The zero-order chi connectivity index (χ0) is 15.7. The molecule has 1 rings (SSSR count). The SMILES string of the molecule is NCc1c(C(F)F)cnc(OC(F)(F)F)c1C(F)(F)F. The largest absolute Gasteiger partial charge is 0.574 e. The lowest BCUT2D eigenvalue weighted by molar-refractivity contribution is -0.278. The fourth-order valence-corrected chi connectivity index (χ4v) is 1.43. The first-order valence-corrected chi connectivity index (χ1v) is 4.80. The highest BCUT2D eigenvalue weighted by molar-refractivity contribution is 5.42. The van der Waals surface area contributed by atoms with Crippen molar-refractivity contribution < 1.29 is 39.9 Å². The van der Waals surface area contributed by atoms with Crippen LogP contribution >= 0.6 is 0 Å². The Labute approximate surface area is 106 Å². The molecule has 1 aromatic rings. The Morgan fingerprint density at radius 2 is 1.70 bits per heavy atom. The minimum atomic E-state index is -5.45. The summed E-state index contributed by atoms with van der Waals surface area (Å²) in [4.78, 5) is 2.66. The molecule has 0 aliphatic carbocycles. The van der Waals surface area contributed by atoms with E-state index in [-0.39, 0.29) is 6.20 Å². The van der Waals surface area contributed by atoms with Gasteiger partial charge in [0, 0.05) is 18.3 Å². The molecule has 0 saturated carbocycles. The van der Waals surface area contributed by atoms with Crippen LogP contribution in [0, 0.1) is 0 Å². The molecular weight excluding hydrogens is 304 g/mol. The average Bonchev–Trinajstić information content (AvgIpc) is 2.23. The summed E-state index contributed by atoms with van der Waals surface area (Å²) < 4.78 is 102.